The summed E-state index contributed by atoms with van der Waals surface area (Å²) in [4.78, 5) is 0. The lowest BCUT2D eigenvalue weighted by Gasteiger charge is -2.00. The Kier molecular flexibility index (Phi) is 3.75. The third-order valence-corrected chi connectivity index (χ3v) is 2.04. The molecule has 0 heterocycles. The zero-order valence-electron chi connectivity index (χ0n) is 6.60. The number of halogens is 3. The van der Waals surface area contributed by atoms with Gasteiger partial charge in [-0.25, -0.2) is 4.39 Å². The van der Waals surface area contributed by atoms with E-state index in [1.165, 1.54) is 6.07 Å². The molecule has 1 aromatic carbocycles. The minimum absolute atomic E-state index is 0.268. The van der Waals surface area contributed by atoms with E-state index in [1.807, 2.05) is 0 Å². The number of hydrogen-bond donors (Lipinski definition) is 1. The highest BCUT2D eigenvalue weighted by Gasteiger charge is 2.05. The monoisotopic (exact) mass is 264 g/mol. The molecule has 1 rings (SSSR count). The molecule has 0 saturated carbocycles. The van der Waals surface area contributed by atoms with E-state index in [9.17, 15) is 9.50 Å². The van der Waals surface area contributed by atoms with Crippen molar-refractivity contribution < 1.29 is 9.50 Å². The third-order valence-electron chi connectivity index (χ3n) is 1.44. The average Bonchev–Trinajstić information content (AvgIpc) is 2.09. The molecule has 0 saturated heterocycles. The number of benzene rings is 1. The Hall–Kier alpha value is -0.540. The lowest BCUT2D eigenvalue weighted by molar-refractivity contribution is 0.431. The van der Waals surface area contributed by atoms with Gasteiger partial charge in [-0.1, -0.05) is 39.7 Å². The highest BCUT2D eigenvalue weighted by atomic mass is 79.9. The molecular formula is C9H7BrClFO. The Morgan fingerprint density at radius 2 is 2.23 bits per heavy atom. The van der Waals surface area contributed by atoms with Crippen LogP contribution >= 0.6 is 27.5 Å². The molecule has 0 unspecified atom stereocenters. The highest BCUT2D eigenvalue weighted by Crippen LogP contribution is 2.26. The van der Waals surface area contributed by atoms with Gasteiger partial charge in [0.15, 0.2) is 11.6 Å². The van der Waals surface area contributed by atoms with Crippen LogP contribution in [-0.4, -0.2) is 10.4 Å². The summed E-state index contributed by atoms with van der Waals surface area (Å²) in [6, 6.07) is 2.57. The zero-order valence-corrected chi connectivity index (χ0v) is 8.94. The number of allylic oxidation sites excluding steroid dienone is 1. The van der Waals surface area contributed by atoms with Gasteiger partial charge in [-0.05, 0) is 12.1 Å². The lowest BCUT2D eigenvalue weighted by atomic mass is 10.2. The smallest absolute Gasteiger partial charge is 0.166 e. The van der Waals surface area contributed by atoms with Gasteiger partial charge < -0.3 is 5.11 Å². The van der Waals surface area contributed by atoms with Gasteiger partial charge in [0.25, 0.3) is 0 Å². The van der Waals surface area contributed by atoms with Crippen molar-refractivity contribution in [2.45, 2.75) is 0 Å². The molecule has 1 N–H and O–H groups in total. The van der Waals surface area contributed by atoms with Crippen LogP contribution < -0.4 is 0 Å². The van der Waals surface area contributed by atoms with Crippen molar-refractivity contribution in [1.29, 1.82) is 0 Å². The molecular weight excluding hydrogens is 258 g/mol. The maximum absolute atomic E-state index is 12.9. The van der Waals surface area contributed by atoms with Crippen molar-refractivity contribution in [2.24, 2.45) is 0 Å². The van der Waals surface area contributed by atoms with Crippen LogP contribution in [0, 0.1) is 5.82 Å². The molecule has 0 aromatic heterocycles. The average molecular weight is 266 g/mol. The Morgan fingerprint density at radius 3 is 2.85 bits per heavy atom. The Bertz CT molecular complexity index is 339. The third kappa shape index (κ3) is 2.71. The van der Waals surface area contributed by atoms with E-state index in [4.69, 9.17) is 11.6 Å². The van der Waals surface area contributed by atoms with Crippen molar-refractivity contribution >= 4 is 33.6 Å². The van der Waals surface area contributed by atoms with E-state index >= 15 is 0 Å². The van der Waals surface area contributed by atoms with Crippen LogP contribution in [0.1, 0.15) is 5.56 Å². The molecule has 0 aliphatic heterocycles. The number of rotatable bonds is 2. The molecule has 13 heavy (non-hydrogen) atoms. The summed E-state index contributed by atoms with van der Waals surface area (Å²) in [6.45, 7) is 0. The summed E-state index contributed by atoms with van der Waals surface area (Å²) in [7, 11) is 0. The molecule has 1 aromatic rings. The summed E-state index contributed by atoms with van der Waals surface area (Å²) >= 11 is 8.78. The summed E-state index contributed by atoms with van der Waals surface area (Å²) in [6.07, 6.45) is 3.34. The molecule has 0 aliphatic carbocycles. The van der Waals surface area contributed by atoms with E-state index in [0.29, 0.717) is 10.9 Å². The number of phenolic OH excluding ortho intramolecular Hbond substituents is 1. The van der Waals surface area contributed by atoms with E-state index in [0.717, 1.165) is 6.07 Å². The maximum Gasteiger partial charge on any atom is 0.166 e. The predicted octanol–water partition coefficient (Wildman–Crippen LogP) is 3.59. The van der Waals surface area contributed by atoms with Gasteiger partial charge in [0.1, 0.15) is 0 Å². The molecule has 0 spiro atoms. The second-order valence-corrected chi connectivity index (χ2v) is 3.47. The predicted molar refractivity (Wildman–Crippen MR) is 55.9 cm³/mol. The van der Waals surface area contributed by atoms with Crippen molar-refractivity contribution in [3.05, 3.63) is 34.6 Å². The first kappa shape index (κ1) is 10.5. The summed E-state index contributed by atoms with van der Waals surface area (Å²) in [5, 5.41) is 10.2. The van der Waals surface area contributed by atoms with Crippen LogP contribution in [0.15, 0.2) is 18.2 Å². The van der Waals surface area contributed by atoms with Crippen LogP contribution in [0.2, 0.25) is 5.02 Å². The standard InChI is InChI=1S/C9H7BrClFO/c10-3-1-2-6-4-7(11)5-8(12)9(6)13/h1-2,4-5,13H,3H2. The fraction of sp³-hybridized carbons (Fsp3) is 0.111. The minimum atomic E-state index is -0.707. The van der Waals surface area contributed by atoms with Crippen molar-refractivity contribution in [3.63, 3.8) is 0 Å². The van der Waals surface area contributed by atoms with Crippen LogP contribution in [0.3, 0.4) is 0 Å². The molecule has 4 heteroatoms. The van der Waals surface area contributed by atoms with Gasteiger partial charge in [-0.15, -0.1) is 0 Å². The van der Waals surface area contributed by atoms with E-state index < -0.39 is 5.82 Å². The topological polar surface area (TPSA) is 20.2 Å². The van der Waals surface area contributed by atoms with Crippen molar-refractivity contribution in [1.82, 2.24) is 0 Å². The van der Waals surface area contributed by atoms with Crippen LogP contribution in [0.4, 0.5) is 4.39 Å². The molecule has 0 bridgehead atoms. The quantitative estimate of drug-likeness (QED) is 0.810. The first-order valence-electron chi connectivity index (χ1n) is 3.55. The van der Waals surface area contributed by atoms with Crippen LogP contribution in [-0.2, 0) is 0 Å². The molecule has 0 fully saturated rings. The minimum Gasteiger partial charge on any atom is -0.504 e. The van der Waals surface area contributed by atoms with Crippen molar-refractivity contribution in [2.75, 3.05) is 5.33 Å². The Labute approximate surface area is 89.0 Å². The molecule has 0 atom stereocenters. The second kappa shape index (κ2) is 4.63. The zero-order chi connectivity index (χ0) is 9.84. The summed E-state index contributed by atoms with van der Waals surface area (Å²) < 4.78 is 12.9. The van der Waals surface area contributed by atoms with E-state index in [-0.39, 0.29) is 10.8 Å². The lowest BCUT2D eigenvalue weighted by Crippen LogP contribution is -1.81. The second-order valence-electron chi connectivity index (χ2n) is 2.38. The Balaban J connectivity index is 3.12. The number of alkyl halides is 1. The fourth-order valence-electron chi connectivity index (χ4n) is 0.884. The van der Waals surface area contributed by atoms with E-state index in [1.54, 1.807) is 12.2 Å². The molecule has 70 valence electrons. The number of phenols is 1. The van der Waals surface area contributed by atoms with Gasteiger partial charge in [0, 0.05) is 15.9 Å². The normalized spacial score (nSPS) is 11.0. The summed E-state index contributed by atoms with van der Waals surface area (Å²) in [5.41, 5.74) is 0.379. The Morgan fingerprint density at radius 1 is 1.54 bits per heavy atom. The largest absolute Gasteiger partial charge is 0.504 e. The van der Waals surface area contributed by atoms with Gasteiger partial charge in [0.2, 0.25) is 0 Å². The first-order chi connectivity index (χ1) is 6.15. The molecule has 1 nitrogen and oxygen atoms in total. The molecule has 0 radical (unpaired) electrons. The van der Waals surface area contributed by atoms with Gasteiger partial charge in [0.05, 0.1) is 0 Å². The SMILES string of the molecule is Oc1c(F)cc(Cl)cc1C=CCBr. The molecule has 0 amide bonds. The van der Waals surface area contributed by atoms with Crippen LogP contribution in [0.25, 0.3) is 6.08 Å². The fourth-order valence-corrected chi connectivity index (χ4v) is 1.28. The van der Waals surface area contributed by atoms with Gasteiger partial charge in [-0.3, -0.25) is 0 Å². The molecule has 0 aliphatic rings. The number of aromatic hydroxyl groups is 1. The maximum atomic E-state index is 12.9. The van der Waals surface area contributed by atoms with E-state index in [2.05, 4.69) is 15.9 Å². The summed E-state index contributed by atoms with van der Waals surface area (Å²) in [5.74, 6) is -1.08. The van der Waals surface area contributed by atoms with Crippen LogP contribution in [0.5, 0.6) is 5.75 Å². The number of hydrogen-bond acceptors (Lipinski definition) is 1. The van der Waals surface area contributed by atoms with Gasteiger partial charge in [-0.2, -0.15) is 0 Å². The highest BCUT2D eigenvalue weighted by molar-refractivity contribution is 9.09. The van der Waals surface area contributed by atoms with Crippen molar-refractivity contribution in [3.8, 4) is 5.75 Å². The first-order valence-corrected chi connectivity index (χ1v) is 5.05. The van der Waals surface area contributed by atoms with Gasteiger partial charge >= 0.3 is 0 Å².